The van der Waals surface area contributed by atoms with E-state index in [2.05, 4.69) is 64.0 Å². The Balaban J connectivity index is 1.47. The maximum Gasteiger partial charge on any atom is 0.343 e. The van der Waals surface area contributed by atoms with Crippen LogP contribution in [0.4, 0.5) is 22.7 Å². The number of anilines is 3. The SMILES string of the molecule is CCN(CCNS(C)(=O)=O)c1ccc(N=C2C(C#N)=C(C(=O)OC3C(C(C)(C)C)CC(C)CC3C(C)(C)C)c3nc(-c4ccc(N5CCCC(C(=O)O)C5)c(NS(=O)O)c4)nn32)c(C)c1. The zero-order valence-corrected chi connectivity index (χ0v) is 40.6. The molecule has 3 heterocycles. The first-order valence-corrected chi connectivity index (χ1v) is 25.1. The summed E-state index contributed by atoms with van der Waals surface area (Å²) in [5, 5.41) is 25.5. The van der Waals surface area contributed by atoms with Crippen molar-refractivity contribution in [2.24, 2.45) is 39.5 Å². The van der Waals surface area contributed by atoms with Gasteiger partial charge in [0.2, 0.25) is 10.0 Å². The number of carbonyl (C=O) groups excluding carboxylic acids is 1. The fourth-order valence-corrected chi connectivity index (χ4v) is 10.3. The predicted octanol–water partition coefficient (Wildman–Crippen LogP) is 7.01. The summed E-state index contributed by atoms with van der Waals surface area (Å²) in [6.45, 7) is 21.1. The minimum Gasteiger partial charge on any atom is -0.481 e. The molecule has 2 fully saturated rings. The first kappa shape index (κ1) is 49.3. The van der Waals surface area contributed by atoms with E-state index < -0.39 is 45.3 Å². The zero-order chi connectivity index (χ0) is 47.8. The van der Waals surface area contributed by atoms with Gasteiger partial charge in [-0.3, -0.25) is 14.1 Å². The number of nitrogens with one attached hydrogen (secondary N) is 2. The number of aryl methyl sites for hydroxylation is 1. The van der Waals surface area contributed by atoms with Crippen molar-refractivity contribution in [2.45, 2.75) is 94.1 Å². The highest BCUT2D eigenvalue weighted by Gasteiger charge is 2.49. The van der Waals surface area contributed by atoms with E-state index >= 15 is 0 Å². The summed E-state index contributed by atoms with van der Waals surface area (Å²) in [4.78, 5) is 40.5. The maximum absolute atomic E-state index is 14.9. The highest BCUT2D eigenvalue weighted by molar-refractivity contribution is 7.88. The molecular weight excluding hydrogens is 871 g/mol. The number of rotatable bonds is 14. The van der Waals surface area contributed by atoms with Crippen LogP contribution in [0.3, 0.4) is 0 Å². The van der Waals surface area contributed by atoms with Gasteiger partial charge < -0.3 is 19.6 Å². The lowest BCUT2D eigenvalue weighted by Crippen LogP contribution is -2.49. The normalized spacial score (nSPS) is 22.6. The number of piperidine rings is 1. The average molecular weight is 934 g/mol. The Labute approximate surface area is 385 Å². The van der Waals surface area contributed by atoms with E-state index in [0.717, 1.165) is 30.3 Å². The largest absolute Gasteiger partial charge is 0.481 e. The number of likely N-dealkylation sites (N-methyl/N-ethyl adjacent to an activating group) is 1. The van der Waals surface area contributed by atoms with E-state index in [1.54, 1.807) is 24.3 Å². The van der Waals surface area contributed by atoms with Crippen molar-refractivity contribution < 1.29 is 36.6 Å². The summed E-state index contributed by atoms with van der Waals surface area (Å²) >= 11 is -2.48. The van der Waals surface area contributed by atoms with Crippen LogP contribution in [-0.2, 0) is 35.6 Å². The second-order valence-electron chi connectivity index (χ2n) is 19.8. The van der Waals surface area contributed by atoms with Crippen molar-refractivity contribution in [1.82, 2.24) is 19.5 Å². The third-order valence-electron chi connectivity index (χ3n) is 12.9. The lowest BCUT2D eigenvalue weighted by atomic mass is 9.59. The molecule has 3 aromatic rings. The van der Waals surface area contributed by atoms with E-state index in [4.69, 9.17) is 19.8 Å². The van der Waals surface area contributed by atoms with Crippen LogP contribution in [0.1, 0.15) is 92.5 Å². The summed E-state index contributed by atoms with van der Waals surface area (Å²) in [5.74, 6) is -1.52. The van der Waals surface area contributed by atoms with Gasteiger partial charge in [-0.25, -0.2) is 32.1 Å². The summed E-state index contributed by atoms with van der Waals surface area (Å²) in [6.07, 6.45) is 3.52. The number of esters is 1. The van der Waals surface area contributed by atoms with Crippen molar-refractivity contribution in [1.29, 1.82) is 5.26 Å². The van der Waals surface area contributed by atoms with E-state index in [1.165, 1.54) is 4.68 Å². The molecule has 352 valence electrons. The smallest absolute Gasteiger partial charge is 0.343 e. The number of aromatic nitrogens is 3. The number of aliphatic carboxylic acids is 1. The van der Waals surface area contributed by atoms with Crippen molar-refractivity contribution in [3.8, 4) is 17.5 Å². The number of aliphatic imine (C=N–C) groups is 1. The minimum atomic E-state index is -3.36. The quantitative estimate of drug-likeness (QED) is 0.0942. The van der Waals surface area contributed by atoms with Gasteiger partial charge >= 0.3 is 11.9 Å². The molecule has 3 aliphatic rings. The molecule has 4 unspecified atom stereocenters. The molecule has 2 aliphatic heterocycles. The Morgan fingerprint density at radius 2 is 1.77 bits per heavy atom. The number of carboxylic acid groups (broad SMARTS) is 1. The molecule has 4 atom stereocenters. The summed E-state index contributed by atoms with van der Waals surface area (Å²) in [5.41, 5.74) is 2.72. The molecule has 1 aromatic heterocycles. The van der Waals surface area contributed by atoms with E-state index in [1.807, 2.05) is 35.8 Å². The van der Waals surface area contributed by atoms with Crippen molar-refractivity contribution >= 4 is 67.4 Å². The van der Waals surface area contributed by atoms with Crippen LogP contribution in [0.15, 0.2) is 47.0 Å². The fourth-order valence-electron chi connectivity index (χ4n) is 9.46. The number of nitriles is 1. The van der Waals surface area contributed by atoms with Crippen LogP contribution < -0.4 is 19.2 Å². The monoisotopic (exact) mass is 933 g/mol. The van der Waals surface area contributed by atoms with E-state index in [0.29, 0.717) is 55.3 Å². The van der Waals surface area contributed by atoms with Crippen molar-refractivity contribution in [2.75, 3.05) is 53.5 Å². The van der Waals surface area contributed by atoms with Gasteiger partial charge in [0.15, 0.2) is 17.5 Å². The number of allylic oxidation sites excluding steroid dienone is 1. The van der Waals surface area contributed by atoms with Crippen LogP contribution >= 0.6 is 0 Å². The Kier molecular flexibility index (Phi) is 14.7. The molecule has 19 heteroatoms. The van der Waals surface area contributed by atoms with E-state index in [-0.39, 0.29) is 70.1 Å². The second-order valence-corrected chi connectivity index (χ2v) is 22.3. The van der Waals surface area contributed by atoms with Gasteiger partial charge in [-0.1, -0.05) is 48.5 Å². The summed E-state index contributed by atoms with van der Waals surface area (Å²) < 4.78 is 58.7. The van der Waals surface area contributed by atoms with Gasteiger partial charge in [0.1, 0.15) is 23.3 Å². The lowest BCUT2D eigenvalue weighted by Gasteiger charge is -2.50. The minimum absolute atomic E-state index is 0.0201. The van der Waals surface area contributed by atoms with E-state index in [9.17, 15) is 37.1 Å². The summed E-state index contributed by atoms with van der Waals surface area (Å²) in [6, 6.07) is 12.8. The number of benzene rings is 2. The number of carbonyl (C=O) groups is 2. The molecule has 0 radical (unpaired) electrons. The fraction of sp³-hybridized carbons (Fsp3) is 0.565. The maximum atomic E-state index is 14.9. The molecule has 17 nitrogen and oxygen atoms in total. The van der Waals surface area contributed by atoms with Crippen LogP contribution in [0.5, 0.6) is 0 Å². The number of carboxylic acids is 1. The highest BCUT2D eigenvalue weighted by Crippen LogP contribution is 2.50. The van der Waals surface area contributed by atoms with Crippen LogP contribution in [-0.4, -0.2) is 99.9 Å². The third kappa shape index (κ3) is 11.3. The molecule has 4 N–H and O–H groups in total. The van der Waals surface area contributed by atoms with Crippen molar-refractivity contribution in [3.63, 3.8) is 0 Å². The van der Waals surface area contributed by atoms with Crippen LogP contribution in [0.25, 0.3) is 17.0 Å². The molecule has 2 aromatic carbocycles. The standard InChI is InChI=1S/C46H63N9O8S2/c1-11-53(20-18-48-65(10,61)62)31-15-16-35(28(3)23-31)49-41-32(25-47)38(44(58)63-39-33(45(4,5)6)21-27(2)22-34(39)46(7,8)9)42-50-40(51-55(41)42)29-14-17-37(36(24-29)52-64(59)60)54-19-12-13-30(26-54)43(56)57/h14-17,23-24,27,30,33-34,39,48,52H,11-13,18-22,26H2,1-10H3,(H,56,57)(H,59,60). The van der Waals surface area contributed by atoms with Gasteiger partial charge in [0.25, 0.3) is 11.3 Å². The second kappa shape index (κ2) is 19.4. The molecule has 1 saturated carbocycles. The van der Waals surface area contributed by atoms with Crippen LogP contribution in [0.2, 0.25) is 0 Å². The van der Waals surface area contributed by atoms with Gasteiger partial charge in [0, 0.05) is 55.8 Å². The summed E-state index contributed by atoms with van der Waals surface area (Å²) in [7, 11) is -3.36. The first-order chi connectivity index (χ1) is 30.4. The number of ether oxygens (including phenoxy) is 1. The van der Waals surface area contributed by atoms with Gasteiger partial charge in [-0.15, -0.1) is 5.10 Å². The molecule has 6 rings (SSSR count). The Hall–Kier alpha value is -5.16. The van der Waals surface area contributed by atoms with Crippen LogP contribution in [0, 0.1) is 52.8 Å². The number of nitrogens with zero attached hydrogens (tertiary/aromatic N) is 7. The third-order valence-corrected chi connectivity index (χ3v) is 14.0. The van der Waals surface area contributed by atoms with Gasteiger partial charge in [-0.05, 0) is 98.2 Å². The topological polar surface area (TPSA) is 232 Å². The van der Waals surface area contributed by atoms with Gasteiger partial charge in [-0.2, -0.15) is 9.94 Å². The van der Waals surface area contributed by atoms with Gasteiger partial charge in [0.05, 0.1) is 29.2 Å². The zero-order valence-electron chi connectivity index (χ0n) is 39.0. The molecule has 1 aliphatic carbocycles. The molecule has 1 saturated heterocycles. The molecule has 65 heavy (non-hydrogen) atoms. The molecule has 0 spiro atoms. The number of hydrogen-bond acceptors (Lipinski definition) is 12. The lowest BCUT2D eigenvalue weighted by molar-refractivity contribution is -0.162. The Morgan fingerprint density at radius 1 is 1.09 bits per heavy atom. The number of fused-ring (bicyclic) bond motifs is 1. The number of sulfonamides is 1. The molecule has 0 bridgehead atoms. The Bertz CT molecular complexity index is 2530. The van der Waals surface area contributed by atoms with Crippen molar-refractivity contribution in [3.05, 3.63) is 53.4 Å². The highest BCUT2D eigenvalue weighted by atomic mass is 32.2. The molecule has 0 amide bonds. The number of hydrogen-bond donors (Lipinski definition) is 4. The Morgan fingerprint density at radius 3 is 2.34 bits per heavy atom. The predicted molar refractivity (Wildman–Crippen MR) is 254 cm³/mol. The first-order valence-electron chi connectivity index (χ1n) is 22.1. The molecular formula is C46H63N9O8S2. The average Bonchev–Trinajstić information content (AvgIpc) is 3.76.